The molecule has 2 nitrogen and oxygen atoms in total. The molecule has 1 saturated heterocycles. The molecule has 0 bridgehead atoms. The van der Waals surface area contributed by atoms with Crippen LogP contribution in [0.3, 0.4) is 0 Å². The fourth-order valence-electron chi connectivity index (χ4n) is 3.89. The second-order valence-corrected chi connectivity index (χ2v) is 6.02. The zero-order valence-corrected chi connectivity index (χ0v) is 11.5. The Labute approximate surface area is 118 Å². The van der Waals surface area contributed by atoms with Gasteiger partial charge >= 0.3 is 0 Å². The van der Waals surface area contributed by atoms with Gasteiger partial charge in [0.2, 0.25) is 0 Å². The first-order valence-electron chi connectivity index (χ1n) is 7.53. The highest BCUT2D eigenvalue weighted by atomic mass is 19.1. The van der Waals surface area contributed by atoms with E-state index in [9.17, 15) is 4.39 Å². The zero-order chi connectivity index (χ0) is 13.6. The average molecular weight is 274 g/mol. The standard InChI is InChI=1S/C17H19FO2/c18-16-5-4-13(14-2-1-3-15(14)16)12-6-8-17(9-7-12)19-10-11-20-17/h1,3-5,12H,2,6-11H2. The van der Waals surface area contributed by atoms with Crippen molar-refractivity contribution in [1.29, 1.82) is 0 Å². The number of hydrogen-bond acceptors (Lipinski definition) is 2. The van der Waals surface area contributed by atoms with E-state index in [0.717, 1.165) is 50.9 Å². The number of fused-ring (bicyclic) bond motifs is 1. The topological polar surface area (TPSA) is 18.5 Å². The summed E-state index contributed by atoms with van der Waals surface area (Å²) in [7, 11) is 0. The van der Waals surface area contributed by atoms with Crippen molar-refractivity contribution in [1.82, 2.24) is 0 Å². The van der Waals surface area contributed by atoms with Gasteiger partial charge in [0.1, 0.15) is 5.82 Å². The van der Waals surface area contributed by atoms with Crippen molar-refractivity contribution in [2.45, 2.75) is 43.8 Å². The van der Waals surface area contributed by atoms with Crippen LogP contribution in [0.25, 0.3) is 6.08 Å². The maximum Gasteiger partial charge on any atom is 0.168 e. The lowest BCUT2D eigenvalue weighted by Gasteiger charge is -2.36. The van der Waals surface area contributed by atoms with Crippen LogP contribution in [-0.2, 0) is 15.9 Å². The van der Waals surface area contributed by atoms with Crippen molar-refractivity contribution < 1.29 is 13.9 Å². The molecule has 20 heavy (non-hydrogen) atoms. The molecule has 0 atom stereocenters. The first-order chi connectivity index (χ1) is 9.77. The van der Waals surface area contributed by atoms with Crippen LogP contribution in [0.15, 0.2) is 18.2 Å². The number of ether oxygens (including phenoxy) is 2. The predicted molar refractivity (Wildman–Crippen MR) is 75.0 cm³/mol. The van der Waals surface area contributed by atoms with Crippen molar-refractivity contribution in [3.8, 4) is 0 Å². The second-order valence-electron chi connectivity index (χ2n) is 6.02. The molecule has 1 aliphatic heterocycles. The van der Waals surface area contributed by atoms with E-state index in [2.05, 4.69) is 6.08 Å². The summed E-state index contributed by atoms with van der Waals surface area (Å²) >= 11 is 0. The minimum atomic E-state index is -0.308. The molecule has 4 rings (SSSR count). The van der Waals surface area contributed by atoms with Gasteiger partial charge in [-0.05, 0) is 42.4 Å². The second kappa shape index (κ2) is 4.68. The van der Waals surface area contributed by atoms with Crippen molar-refractivity contribution in [2.24, 2.45) is 0 Å². The first kappa shape index (κ1) is 12.5. The Hall–Kier alpha value is -1.19. The normalized spacial score (nSPS) is 24.4. The smallest absolute Gasteiger partial charge is 0.168 e. The number of halogens is 1. The molecule has 0 unspecified atom stereocenters. The van der Waals surface area contributed by atoms with Gasteiger partial charge in [-0.15, -0.1) is 0 Å². The molecule has 0 radical (unpaired) electrons. The van der Waals surface area contributed by atoms with E-state index in [1.54, 1.807) is 6.07 Å². The molecule has 106 valence electrons. The van der Waals surface area contributed by atoms with E-state index in [4.69, 9.17) is 9.47 Å². The molecular weight excluding hydrogens is 255 g/mol. The highest BCUT2D eigenvalue weighted by molar-refractivity contribution is 5.63. The fourth-order valence-corrected chi connectivity index (χ4v) is 3.89. The lowest BCUT2D eigenvalue weighted by molar-refractivity contribution is -0.178. The van der Waals surface area contributed by atoms with Gasteiger partial charge < -0.3 is 9.47 Å². The van der Waals surface area contributed by atoms with Gasteiger partial charge in [0, 0.05) is 18.4 Å². The average Bonchev–Trinajstić information content (AvgIpc) is 3.11. The summed E-state index contributed by atoms with van der Waals surface area (Å²) in [5, 5.41) is 0. The van der Waals surface area contributed by atoms with E-state index in [1.807, 2.05) is 12.1 Å². The van der Waals surface area contributed by atoms with Crippen molar-refractivity contribution in [3.63, 3.8) is 0 Å². The number of allylic oxidation sites excluding steroid dienone is 1. The molecule has 0 aromatic heterocycles. The molecule has 0 N–H and O–H groups in total. The summed E-state index contributed by atoms with van der Waals surface area (Å²) in [6.07, 6.45) is 8.90. The van der Waals surface area contributed by atoms with Crippen molar-refractivity contribution in [3.05, 3.63) is 40.7 Å². The van der Waals surface area contributed by atoms with Gasteiger partial charge in [-0.1, -0.05) is 18.2 Å². The Kier molecular flexibility index (Phi) is 2.93. The van der Waals surface area contributed by atoms with E-state index in [-0.39, 0.29) is 11.6 Å². The quantitative estimate of drug-likeness (QED) is 0.775. The van der Waals surface area contributed by atoms with Gasteiger partial charge in [0.25, 0.3) is 0 Å². The van der Waals surface area contributed by atoms with Crippen LogP contribution in [0.5, 0.6) is 0 Å². The van der Waals surface area contributed by atoms with E-state index >= 15 is 0 Å². The molecular formula is C17H19FO2. The zero-order valence-electron chi connectivity index (χ0n) is 11.5. The summed E-state index contributed by atoms with van der Waals surface area (Å²) in [6.45, 7) is 1.45. The minimum absolute atomic E-state index is 0.0905. The summed E-state index contributed by atoms with van der Waals surface area (Å²) in [4.78, 5) is 0. The molecule has 1 saturated carbocycles. The number of benzene rings is 1. The van der Waals surface area contributed by atoms with Crippen LogP contribution in [0.1, 0.15) is 48.3 Å². The lowest BCUT2D eigenvalue weighted by atomic mass is 9.78. The fraction of sp³-hybridized carbons (Fsp3) is 0.529. The van der Waals surface area contributed by atoms with E-state index in [1.165, 1.54) is 11.1 Å². The largest absolute Gasteiger partial charge is 0.348 e. The third-order valence-corrected chi connectivity index (χ3v) is 4.95. The van der Waals surface area contributed by atoms with Crippen molar-refractivity contribution in [2.75, 3.05) is 13.2 Å². The first-order valence-corrected chi connectivity index (χ1v) is 7.53. The predicted octanol–water partition coefficient (Wildman–Crippen LogP) is 3.80. The Morgan fingerprint density at radius 3 is 2.60 bits per heavy atom. The molecule has 0 amide bonds. The van der Waals surface area contributed by atoms with Gasteiger partial charge in [0.15, 0.2) is 5.79 Å². The van der Waals surface area contributed by atoms with E-state index in [0.29, 0.717) is 5.92 Å². The lowest BCUT2D eigenvalue weighted by Crippen LogP contribution is -2.34. The highest BCUT2D eigenvalue weighted by Gasteiger charge is 2.41. The van der Waals surface area contributed by atoms with Gasteiger partial charge in [-0.25, -0.2) is 4.39 Å². The van der Waals surface area contributed by atoms with Crippen LogP contribution in [0.4, 0.5) is 4.39 Å². The molecule has 3 aliphatic rings. The summed E-state index contributed by atoms with van der Waals surface area (Å²) in [6, 6.07) is 3.61. The number of hydrogen-bond donors (Lipinski definition) is 0. The van der Waals surface area contributed by atoms with Crippen molar-refractivity contribution >= 4 is 6.08 Å². The maximum absolute atomic E-state index is 13.8. The molecule has 1 heterocycles. The van der Waals surface area contributed by atoms with Gasteiger partial charge in [0.05, 0.1) is 13.2 Å². The van der Waals surface area contributed by atoms with Gasteiger partial charge in [-0.3, -0.25) is 0 Å². The molecule has 2 fully saturated rings. The Bertz CT molecular complexity index is 548. The Balaban J connectivity index is 1.57. The van der Waals surface area contributed by atoms with Crippen LogP contribution in [-0.4, -0.2) is 19.0 Å². The molecule has 1 spiro atoms. The Morgan fingerprint density at radius 2 is 1.85 bits per heavy atom. The maximum atomic E-state index is 13.8. The highest BCUT2D eigenvalue weighted by Crippen LogP contribution is 2.44. The van der Waals surface area contributed by atoms with Gasteiger partial charge in [-0.2, -0.15) is 0 Å². The van der Waals surface area contributed by atoms with E-state index < -0.39 is 0 Å². The molecule has 1 aromatic rings. The summed E-state index contributed by atoms with van der Waals surface area (Å²) in [5.74, 6) is 0.118. The summed E-state index contributed by atoms with van der Waals surface area (Å²) in [5.41, 5.74) is 3.33. The SMILES string of the molecule is Fc1ccc(C2CCC3(CC2)OCCO3)c2c1C=CC2. The molecule has 2 aliphatic carbocycles. The Morgan fingerprint density at radius 1 is 1.10 bits per heavy atom. The molecule has 3 heteroatoms. The number of rotatable bonds is 1. The van der Waals surface area contributed by atoms with Crippen LogP contribution < -0.4 is 0 Å². The monoisotopic (exact) mass is 274 g/mol. The van der Waals surface area contributed by atoms with Crippen LogP contribution in [0.2, 0.25) is 0 Å². The molecule has 1 aromatic carbocycles. The minimum Gasteiger partial charge on any atom is -0.348 e. The van der Waals surface area contributed by atoms with Crippen LogP contribution in [0, 0.1) is 5.82 Å². The summed E-state index contributed by atoms with van der Waals surface area (Å²) < 4.78 is 25.4. The third-order valence-electron chi connectivity index (χ3n) is 4.95. The van der Waals surface area contributed by atoms with Crippen LogP contribution >= 0.6 is 0 Å². The third kappa shape index (κ3) is 1.92.